The van der Waals surface area contributed by atoms with E-state index in [0.29, 0.717) is 12.0 Å². The summed E-state index contributed by atoms with van der Waals surface area (Å²) in [5, 5.41) is 8.69. The number of unbranched alkanes of at least 4 members (excludes halogenated alkanes) is 1. The van der Waals surface area contributed by atoms with Crippen molar-refractivity contribution in [3.63, 3.8) is 0 Å². The SMILES string of the molecule is CCCCS(=O)(=O)N[C@H](C)c1ccc(C#N)cc1. The molecule has 0 amide bonds. The Kier molecular flexibility index (Phi) is 5.32. The molecule has 98 valence electrons. The van der Waals surface area contributed by atoms with Gasteiger partial charge >= 0.3 is 0 Å². The van der Waals surface area contributed by atoms with Crippen LogP contribution in [0.5, 0.6) is 0 Å². The molecular weight excluding hydrogens is 248 g/mol. The molecule has 0 saturated carbocycles. The van der Waals surface area contributed by atoms with E-state index in [1.54, 1.807) is 31.2 Å². The zero-order valence-corrected chi connectivity index (χ0v) is 11.5. The molecule has 1 aromatic rings. The van der Waals surface area contributed by atoms with Crippen molar-refractivity contribution in [2.45, 2.75) is 32.7 Å². The summed E-state index contributed by atoms with van der Waals surface area (Å²) in [6.07, 6.45) is 1.52. The summed E-state index contributed by atoms with van der Waals surface area (Å²) >= 11 is 0. The van der Waals surface area contributed by atoms with Gasteiger partial charge < -0.3 is 0 Å². The van der Waals surface area contributed by atoms with Crippen LogP contribution in [0.15, 0.2) is 24.3 Å². The van der Waals surface area contributed by atoms with Gasteiger partial charge in [0.05, 0.1) is 17.4 Å². The van der Waals surface area contributed by atoms with Gasteiger partial charge in [0.15, 0.2) is 0 Å². The molecule has 1 atom stereocenters. The molecule has 0 aromatic heterocycles. The third-order valence-electron chi connectivity index (χ3n) is 2.66. The lowest BCUT2D eigenvalue weighted by atomic mass is 10.1. The van der Waals surface area contributed by atoms with Crippen LogP contribution in [0.2, 0.25) is 0 Å². The van der Waals surface area contributed by atoms with Crippen LogP contribution in [-0.4, -0.2) is 14.2 Å². The summed E-state index contributed by atoms with van der Waals surface area (Å²) in [6, 6.07) is 8.66. The third-order valence-corrected chi connectivity index (χ3v) is 4.20. The number of nitrogens with one attached hydrogen (secondary N) is 1. The Balaban J connectivity index is 2.70. The van der Waals surface area contributed by atoms with E-state index < -0.39 is 10.0 Å². The Morgan fingerprint density at radius 2 is 1.94 bits per heavy atom. The lowest BCUT2D eigenvalue weighted by molar-refractivity contribution is 0.564. The lowest BCUT2D eigenvalue weighted by Gasteiger charge is -2.14. The fourth-order valence-electron chi connectivity index (χ4n) is 1.58. The zero-order chi connectivity index (χ0) is 13.6. The molecule has 0 aliphatic heterocycles. The maximum Gasteiger partial charge on any atom is 0.212 e. The summed E-state index contributed by atoms with van der Waals surface area (Å²) in [5.41, 5.74) is 1.42. The molecule has 5 heteroatoms. The molecule has 1 aromatic carbocycles. The predicted octanol–water partition coefficient (Wildman–Crippen LogP) is 2.34. The largest absolute Gasteiger partial charge is 0.212 e. The number of nitriles is 1. The Labute approximate surface area is 109 Å². The molecular formula is C13H18N2O2S. The molecule has 0 aliphatic carbocycles. The molecule has 0 saturated heterocycles. The van der Waals surface area contributed by atoms with Crippen LogP contribution in [-0.2, 0) is 10.0 Å². The fourth-order valence-corrected chi connectivity index (χ4v) is 3.04. The first-order valence-corrected chi connectivity index (χ1v) is 7.64. The average molecular weight is 266 g/mol. The number of sulfonamides is 1. The van der Waals surface area contributed by atoms with Gasteiger partial charge in [-0.3, -0.25) is 0 Å². The predicted molar refractivity (Wildman–Crippen MR) is 71.4 cm³/mol. The van der Waals surface area contributed by atoms with E-state index >= 15 is 0 Å². The summed E-state index contributed by atoms with van der Waals surface area (Å²) in [4.78, 5) is 0. The van der Waals surface area contributed by atoms with Crippen LogP contribution < -0.4 is 4.72 Å². The zero-order valence-electron chi connectivity index (χ0n) is 10.7. The van der Waals surface area contributed by atoms with Crippen molar-refractivity contribution < 1.29 is 8.42 Å². The van der Waals surface area contributed by atoms with Crippen LogP contribution in [0.3, 0.4) is 0 Å². The van der Waals surface area contributed by atoms with Crippen LogP contribution in [0, 0.1) is 11.3 Å². The summed E-state index contributed by atoms with van der Waals surface area (Å²) in [7, 11) is -3.22. The lowest BCUT2D eigenvalue weighted by Crippen LogP contribution is -2.29. The molecule has 0 fully saturated rings. The molecule has 18 heavy (non-hydrogen) atoms. The molecule has 0 unspecified atom stereocenters. The van der Waals surface area contributed by atoms with Gasteiger partial charge in [-0.25, -0.2) is 13.1 Å². The van der Waals surface area contributed by atoms with Crippen LogP contribution >= 0.6 is 0 Å². The van der Waals surface area contributed by atoms with E-state index in [9.17, 15) is 8.42 Å². The first-order valence-electron chi connectivity index (χ1n) is 5.98. The smallest absolute Gasteiger partial charge is 0.212 e. The van der Waals surface area contributed by atoms with Crippen molar-refractivity contribution >= 4 is 10.0 Å². The van der Waals surface area contributed by atoms with Crippen molar-refractivity contribution in [2.75, 3.05) is 5.75 Å². The average Bonchev–Trinajstić information content (AvgIpc) is 2.36. The third kappa shape index (κ3) is 4.47. The second-order valence-electron chi connectivity index (χ2n) is 4.25. The van der Waals surface area contributed by atoms with Gasteiger partial charge in [0.1, 0.15) is 0 Å². The first-order chi connectivity index (χ1) is 8.48. The molecule has 0 bridgehead atoms. The Morgan fingerprint density at radius 1 is 1.33 bits per heavy atom. The van der Waals surface area contributed by atoms with E-state index in [0.717, 1.165) is 12.0 Å². The highest BCUT2D eigenvalue weighted by Gasteiger charge is 2.14. The normalized spacial score (nSPS) is 12.9. The second-order valence-corrected chi connectivity index (χ2v) is 6.12. The fraction of sp³-hybridized carbons (Fsp3) is 0.462. The van der Waals surface area contributed by atoms with Crippen molar-refractivity contribution in [1.29, 1.82) is 5.26 Å². The minimum absolute atomic E-state index is 0.157. The monoisotopic (exact) mass is 266 g/mol. The van der Waals surface area contributed by atoms with Gasteiger partial charge in [-0.1, -0.05) is 25.5 Å². The van der Waals surface area contributed by atoms with Crippen molar-refractivity contribution in [3.05, 3.63) is 35.4 Å². The number of rotatable bonds is 6. The molecule has 0 heterocycles. The Morgan fingerprint density at radius 3 is 2.44 bits per heavy atom. The van der Waals surface area contributed by atoms with Gasteiger partial charge in [-0.05, 0) is 31.0 Å². The summed E-state index contributed by atoms with van der Waals surface area (Å²) in [6.45, 7) is 3.75. The van der Waals surface area contributed by atoms with Crippen molar-refractivity contribution in [2.24, 2.45) is 0 Å². The standard InChI is InChI=1S/C13H18N2O2S/c1-3-4-9-18(16,17)15-11(2)13-7-5-12(10-14)6-8-13/h5-8,11,15H,3-4,9H2,1-2H3/t11-/m1/s1. The van der Waals surface area contributed by atoms with E-state index in [2.05, 4.69) is 4.72 Å². The summed E-state index contributed by atoms with van der Waals surface area (Å²) in [5.74, 6) is 0.157. The highest BCUT2D eigenvalue weighted by atomic mass is 32.2. The molecule has 0 aliphatic rings. The molecule has 0 radical (unpaired) electrons. The van der Waals surface area contributed by atoms with Gasteiger partial charge in [0.2, 0.25) is 10.0 Å². The molecule has 0 spiro atoms. The van der Waals surface area contributed by atoms with Crippen LogP contribution in [0.1, 0.15) is 43.9 Å². The minimum atomic E-state index is -3.22. The quantitative estimate of drug-likeness (QED) is 0.859. The van der Waals surface area contributed by atoms with Crippen LogP contribution in [0.4, 0.5) is 0 Å². The number of hydrogen-bond acceptors (Lipinski definition) is 3. The minimum Gasteiger partial charge on any atom is -0.212 e. The number of benzene rings is 1. The Hall–Kier alpha value is -1.38. The van der Waals surface area contributed by atoms with E-state index in [4.69, 9.17) is 5.26 Å². The van der Waals surface area contributed by atoms with Crippen LogP contribution in [0.25, 0.3) is 0 Å². The molecule has 4 nitrogen and oxygen atoms in total. The highest BCUT2D eigenvalue weighted by Crippen LogP contribution is 2.14. The van der Waals surface area contributed by atoms with Crippen molar-refractivity contribution in [1.82, 2.24) is 4.72 Å². The maximum absolute atomic E-state index is 11.7. The second kappa shape index (κ2) is 6.53. The van der Waals surface area contributed by atoms with Gasteiger partial charge in [0, 0.05) is 6.04 Å². The first kappa shape index (κ1) is 14.7. The maximum atomic E-state index is 11.7. The van der Waals surface area contributed by atoms with E-state index in [1.807, 2.05) is 13.0 Å². The van der Waals surface area contributed by atoms with E-state index in [-0.39, 0.29) is 11.8 Å². The highest BCUT2D eigenvalue weighted by molar-refractivity contribution is 7.89. The topological polar surface area (TPSA) is 70.0 Å². The van der Waals surface area contributed by atoms with Gasteiger partial charge in [-0.2, -0.15) is 5.26 Å². The number of hydrogen-bond donors (Lipinski definition) is 1. The van der Waals surface area contributed by atoms with Gasteiger partial charge in [-0.15, -0.1) is 0 Å². The Bertz CT molecular complexity index is 515. The molecule has 1 N–H and O–H groups in total. The summed E-state index contributed by atoms with van der Waals surface area (Å²) < 4.78 is 26.1. The van der Waals surface area contributed by atoms with E-state index in [1.165, 1.54) is 0 Å². The van der Waals surface area contributed by atoms with Gasteiger partial charge in [0.25, 0.3) is 0 Å². The molecule has 1 rings (SSSR count). The van der Waals surface area contributed by atoms with Crippen molar-refractivity contribution in [3.8, 4) is 6.07 Å². The number of nitrogens with zero attached hydrogens (tertiary/aromatic N) is 1.